The van der Waals surface area contributed by atoms with E-state index in [2.05, 4.69) is 20.5 Å². The Labute approximate surface area is 301 Å². The van der Waals surface area contributed by atoms with Crippen LogP contribution in [0.5, 0.6) is 0 Å². The number of unbranched alkanes of at least 4 members (excludes halogenated alkanes) is 12. The summed E-state index contributed by atoms with van der Waals surface area (Å²) in [5.41, 5.74) is 0. The van der Waals surface area contributed by atoms with Crippen LogP contribution in [-0.4, -0.2) is 118 Å². The number of rotatable bonds is 29. The minimum Gasteiger partial charge on any atom is -0.457 e. The number of phosphoric ester groups is 4. The third-order valence-corrected chi connectivity index (χ3v) is 10.2. The Balaban J connectivity index is 2.81. The maximum atomic E-state index is 12.9. The molecule has 0 aromatic rings. The van der Waals surface area contributed by atoms with E-state index in [1.165, 1.54) is 44.9 Å². The van der Waals surface area contributed by atoms with Gasteiger partial charge in [0.05, 0.1) is 13.2 Å². The fourth-order valence-corrected chi connectivity index (χ4v) is 7.96. The molecule has 26 heteroatoms. The Morgan fingerprint density at radius 2 is 0.981 bits per heavy atom. The van der Waals surface area contributed by atoms with Crippen molar-refractivity contribution in [1.82, 2.24) is 0 Å². The van der Waals surface area contributed by atoms with Crippen molar-refractivity contribution in [2.45, 2.75) is 140 Å². The number of aliphatic hydroxyl groups excluding tert-OH is 3. The van der Waals surface area contributed by atoms with E-state index in [0.717, 1.165) is 32.1 Å². The molecule has 10 N–H and O–H groups in total. The fraction of sp³-hybridized carbons (Fsp3) is 0.962. The molecule has 1 aliphatic carbocycles. The normalized spacial score (nSPS) is 24.8. The fourth-order valence-electron chi connectivity index (χ4n) is 5.31. The molecule has 1 fully saturated rings. The standard InChI is InChI=1S/C26H54O22P4/c1-2-3-4-5-6-7-8-9-10-11-12-13-14-15-20(28)44-19(16-42-18-27)17-43-52(40,41)48-23-21(29)24(45-49(31,32)33)26(47-51(37,38)39)25(22(23)30)46-50(34,35)36/h19,21-27,29-30H,2-18H2,1H3,(H,40,41)(H2,31,32,33)(H2,34,35,36)(H2,37,38,39)/t19-,21-,22?,23?,24?,25+,26-/m1/s1. The number of carbonyl (C=O) groups is 1. The van der Waals surface area contributed by atoms with Gasteiger partial charge in [0.25, 0.3) is 0 Å². The number of ether oxygens (including phenoxy) is 2. The molecule has 0 aromatic heterocycles. The van der Waals surface area contributed by atoms with Gasteiger partial charge in [-0.3, -0.25) is 27.4 Å². The van der Waals surface area contributed by atoms with Crippen molar-refractivity contribution in [2.75, 3.05) is 20.0 Å². The maximum absolute atomic E-state index is 12.9. The zero-order chi connectivity index (χ0) is 39.6. The van der Waals surface area contributed by atoms with Crippen molar-refractivity contribution in [3.05, 3.63) is 0 Å². The zero-order valence-corrected chi connectivity index (χ0v) is 32.3. The van der Waals surface area contributed by atoms with Crippen molar-refractivity contribution >= 4 is 37.3 Å². The first-order valence-electron chi connectivity index (χ1n) is 16.7. The largest absolute Gasteiger partial charge is 0.472 e. The molecule has 0 spiro atoms. The van der Waals surface area contributed by atoms with E-state index in [0.29, 0.717) is 6.42 Å². The number of hydrogen-bond acceptors (Lipinski definition) is 15. The van der Waals surface area contributed by atoms with Crippen molar-refractivity contribution < 1.29 is 105 Å². The quantitative estimate of drug-likeness (QED) is 0.0223. The van der Waals surface area contributed by atoms with Crippen molar-refractivity contribution in [3.8, 4) is 0 Å². The summed E-state index contributed by atoms with van der Waals surface area (Å²) in [6.45, 7) is -0.178. The minimum atomic E-state index is -5.75. The average Bonchev–Trinajstić information content (AvgIpc) is 3.01. The van der Waals surface area contributed by atoms with Gasteiger partial charge in [-0.25, -0.2) is 18.3 Å². The molecule has 0 bridgehead atoms. The van der Waals surface area contributed by atoms with Crippen LogP contribution in [0, 0.1) is 0 Å². The van der Waals surface area contributed by atoms with E-state index in [9.17, 15) is 67.5 Å². The van der Waals surface area contributed by atoms with Gasteiger partial charge in [0.15, 0.2) is 0 Å². The predicted octanol–water partition coefficient (Wildman–Crippen LogP) is 2.02. The van der Waals surface area contributed by atoms with Crippen LogP contribution in [0.4, 0.5) is 0 Å². The molecule has 1 aliphatic rings. The highest BCUT2D eigenvalue weighted by Crippen LogP contribution is 2.53. The van der Waals surface area contributed by atoms with Crippen LogP contribution >= 0.6 is 31.3 Å². The van der Waals surface area contributed by atoms with Crippen LogP contribution in [0.25, 0.3) is 0 Å². The molecule has 1 saturated carbocycles. The minimum absolute atomic E-state index is 0.0269. The molecule has 22 nitrogen and oxygen atoms in total. The first-order chi connectivity index (χ1) is 24.1. The molecule has 310 valence electrons. The lowest BCUT2D eigenvalue weighted by atomic mass is 9.85. The first kappa shape index (κ1) is 49.8. The SMILES string of the molecule is CCCCCCCCCCCCCCCC(=O)O[C@H](COCO)COP(=O)(O)OC1C(O)[C@H](OP(=O)(O)O)[C@H](OP(=O)(O)O)C(OP(=O)(O)O)[C@@H]1O. The molecule has 8 atom stereocenters. The van der Waals surface area contributed by atoms with Crippen LogP contribution in [0.3, 0.4) is 0 Å². The molecule has 4 unspecified atom stereocenters. The van der Waals surface area contributed by atoms with Gasteiger partial charge in [-0.2, -0.15) is 0 Å². The van der Waals surface area contributed by atoms with Crippen LogP contribution < -0.4 is 0 Å². The monoisotopic (exact) mass is 842 g/mol. The number of esters is 1. The van der Waals surface area contributed by atoms with Crippen LogP contribution in [-0.2, 0) is 55.1 Å². The van der Waals surface area contributed by atoms with Gasteiger partial charge in [-0.1, -0.05) is 84.0 Å². The van der Waals surface area contributed by atoms with E-state index in [4.69, 9.17) is 23.6 Å². The third-order valence-electron chi connectivity index (χ3n) is 7.63. The lowest BCUT2D eigenvalue weighted by Crippen LogP contribution is -2.65. The summed E-state index contributed by atoms with van der Waals surface area (Å²) >= 11 is 0. The molecular formula is C26H54O22P4. The molecule has 0 saturated heterocycles. The molecule has 0 heterocycles. The number of carbonyl (C=O) groups excluding carboxylic acids is 1. The molecule has 1 rings (SSSR count). The van der Waals surface area contributed by atoms with Gasteiger partial charge in [0.2, 0.25) is 0 Å². The predicted molar refractivity (Wildman–Crippen MR) is 177 cm³/mol. The summed E-state index contributed by atoms with van der Waals surface area (Å²) in [5.74, 6) is -0.740. The highest BCUT2D eigenvalue weighted by Gasteiger charge is 2.59. The second kappa shape index (κ2) is 24.4. The van der Waals surface area contributed by atoms with Gasteiger partial charge >= 0.3 is 37.3 Å². The number of aliphatic hydroxyl groups is 3. The first-order valence-corrected chi connectivity index (χ1v) is 22.8. The van der Waals surface area contributed by atoms with Gasteiger partial charge in [-0.05, 0) is 6.42 Å². The van der Waals surface area contributed by atoms with E-state index in [-0.39, 0.29) is 6.42 Å². The van der Waals surface area contributed by atoms with Crippen LogP contribution in [0.15, 0.2) is 0 Å². The summed E-state index contributed by atoms with van der Waals surface area (Å²) in [6.07, 6.45) is -3.68. The number of hydrogen-bond donors (Lipinski definition) is 10. The number of phosphoric acid groups is 4. The zero-order valence-electron chi connectivity index (χ0n) is 28.7. The van der Waals surface area contributed by atoms with Crippen molar-refractivity contribution in [2.24, 2.45) is 0 Å². The Morgan fingerprint density at radius 1 is 0.577 bits per heavy atom. The smallest absolute Gasteiger partial charge is 0.457 e. The van der Waals surface area contributed by atoms with E-state index in [1.54, 1.807) is 0 Å². The third kappa shape index (κ3) is 22.3. The molecular weight excluding hydrogens is 788 g/mol. The van der Waals surface area contributed by atoms with Gasteiger partial charge < -0.3 is 59.0 Å². The highest BCUT2D eigenvalue weighted by atomic mass is 31.2. The van der Waals surface area contributed by atoms with Gasteiger partial charge in [0, 0.05) is 6.42 Å². The van der Waals surface area contributed by atoms with Crippen molar-refractivity contribution in [3.63, 3.8) is 0 Å². The average molecular weight is 843 g/mol. The summed E-state index contributed by atoms with van der Waals surface area (Å²) < 4.78 is 79.8. The Bertz CT molecular complexity index is 1170. The Kier molecular flexibility index (Phi) is 23.4. The molecule has 0 aromatic carbocycles. The Morgan fingerprint density at radius 3 is 1.38 bits per heavy atom. The second-order valence-corrected chi connectivity index (χ2v) is 17.1. The lowest BCUT2D eigenvalue weighted by Gasteiger charge is -2.45. The maximum Gasteiger partial charge on any atom is 0.472 e. The van der Waals surface area contributed by atoms with E-state index in [1.807, 2.05) is 0 Å². The Hall–Kier alpha value is -0.250. The summed E-state index contributed by atoms with van der Waals surface area (Å²) in [7, 11) is -22.8. The molecule has 52 heavy (non-hydrogen) atoms. The summed E-state index contributed by atoms with van der Waals surface area (Å²) in [6, 6.07) is 0. The summed E-state index contributed by atoms with van der Waals surface area (Å²) in [5, 5.41) is 30.4. The summed E-state index contributed by atoms with van der Waals surface area (Å²) in [4.78, 5) is 78.4. The molecule has 0 aliphatic heterocycles. The van der Waals surface area contributed by atoms with E-state index < -0.39 is 100.0 Å². The van der Waals surface area contributed by atoms with Gasteiger partial charge in [0.1, 0.15) is 49.5 Å². The van der Waals surface area contributed by atoms with Crippen LogP contribution in [0.1, 0.15) is 96.8 Å². The molecule has 0 amide bonds. The highest BCUT2D eigenvalue weighted by molar-refractivity contribution is 7.47. The van der Waals surface area contributed by atoms with Crippen molar-refractivity contribution in [1.29, 1.82) is 0 Å². The lowest BCUT2D eigenvalue weighted by molar-refractivity contribution is -0.209. The van der Waals surface area contributed by atoms with Crippen LogP contribution in [0.2, 0.25) is 0 Å². The second-order valence-electron chi connectivity index (χ2n) is 12.1. The topological polar surface area (TPSA) is 352 Å². The van der Waals surface area contributed by atoms with Gasteiger partial charge in [-0.15, -0.1) is 0 Å². The van der Waals surface area contributed by atoms with E-state index >= 15 is 0 Å². The molecule has 0 radical (unpaired) electrons.